The molecule has 0 saturated carbocycles. The normalized spacial score (nSPS) is 15.3. The number of hydrogen-bond acceptors (Lipinski definition) is 2. The van der Waals surface area contributed by atoms with Crippen LogP contribution >= 0.6 is 0 Å². The van der Waals surface area contributed by atoms with E-state index in [2.05, 4.69) is 260 Å². The minimum atomic E-state index is 0.783. The fraction of sp³-hybridized carbons (Fsp3) is 0.101. The summed E-state index contributed by atoms with van der Waals surface area (Å²) in [4.78, 5) is 5.13. The van der Waals surface area contributed by atoms with Crippen LogP contribution in [0.5, 0.6) is 0 Å². The zero-order valence-corrected chi connectivity index (χ0v) is 40.9. The lowest BCUT2D eigenvalue weighted by Gasteiger charge is -2.34. The molecule has 0 atom stereocenters. The summed E-state index contributed by atoms with van der Waals surface area (Å²) in [5.74, 6) is 0. The highest BCUT2D eigenvalue weighted by Gasteiger charge is 2.31. The van der Waals surface area contributed by atoms with Crippen molar-refractivity contribution >= 4 is 72.3 Å². The maximum atomic E-state index is 4.55. The molecule has 71 heavy (non-hydrogen) atoms. The van der Waals surface area contributed by atoms with Gasteiger partial charge in [-0.3, -0.25) is 0 Å². The van der Waals surface area contributed by atoms with E-state index in [1.54, 1.807) is 0 Å². The van der Waals surface area contributed by atoms with E-state index in [-0.39, 0.29) is 0 Å². The Kier molecular flexibility index (Phi) is 12.6. The second kappa shape index (κ2) is 19.9. The molecule has 3 aliphatic carbocycles. The molecule has 0 fully saturated rings. The summed E-state index contributed by atoms with van der Waals surface area (Å²) in [6.07, 6.45) is 25.8. The molecule has 12 rings (SSSR count). The van der Waals surface area contributed by atoms with E-state index in [0.717, 1.165) is 59.6 Å². The van der Waals surface area contributed by atoms with Crippen molar-refractivity contribution in [3.63, 3.8) is 0 Å². The number of benzene rings is 9. The molecule has 0 aliphatic heterocycles. The van der Waals surface area contributed by atoms with Gasteiger partial charge in [0.05, 0.1) is 22.7 Å². The summed E-state index contributed by atoms with van der Waals surface area (Å²) in [5, 5.41) is 7.44. The van der Waals surface area contributed by atoms with Crippen LogP contribution in [0.25, 0.3) is 60.7 Å². The van der Waals surface area contributed by atoms with Crippen molar-refractivity contribution < 1.29 is 0 Å². The third-order valence-electron chi connectivity index (χ3n) is 14.2. The van der Waals surface area contributed by atoms with Crippen molar-refractivity contribution in [2.24, 2.45) is 0 Å². The summed E-state index contributed by atoms with van der Waals surface area (Å²) in [5.41, 5.74) is 19.6. The lowest BCUT2D eigenvalue weighted by Crippen LogP contribution is -2.24. The van der Waals surface area contributed by atoms with Crippen LogP contribution in [0.3, 0.4) is 0 Å². The van der Waals surface area contributed by atoms with Gasteiger partial charge >= 0.3 is 0 Å². The predicted octanol–water partition coefficient (Wildman–Crippen LogP) is 19.1. The van der Waals surface area contributed by atoms with Gasteiger partial charge < -0.3 is 9.80 Å². The molecule has 9 aromatic carbocycles. The van der Waals surface area contributed by atoms with E-state index in [1.165, 1.54) is 88.2 Å². The molecule has 0 bridgehead atoms. The molecular weight excluding hydrogens is 857 g/mol. The highest BCUT2D eigenvalue weighted by molar-refractivity contribution is 6.28. The molecule has 0 unspecified atom stereocenters. The van der Waals surface area contributed by atoms with Crippen LogP contribution in [0.4, 0.5) is 22.7 Å². The fourth-order valence-electron chi connectivity index (χ4n) is 11.1. The Morgan fingerprint density at radius 3 is 2.00 bits per heavy atom. The molecule has 3 aliphatic rings. The third kappa shape index (κ3) is 8.26. The second-order valence-electron chi connectivity index (χ2n) is 18.2. The van der Waals surface area contributed by atoms with Crippen molar-refractivity contribution in [2.75, 3.05) is 9.80 Å². The van der Waals surface area contributed by atoms with Crippen LogP contribution in [-0.4, -0.2) is 0 Å². The molecule has 0 aromatic heterocycles. The van der Waals surface area contributed by atoms with Crippen LogP contribution in [-0.2, 0) is 12.8 Å². The van der Waals surface area contributed by atoms with Crippen molar-refractivity contribution in [2.45, 2.75) is 46.5 Å². The summed E-state index contributed by atoms with van der Waals surface area (Å²) in [6.45, 7) is 10.6. The number of rotatable bonds is 10. The highest BCUT2D eigenvalue weighted by Crippen LogP contribution is 2.51. The Morgan fingerprint density at radius 2 is 1.23 bits per heavy atom. The Balaban J connectivity index is 0.00000270. The topological polar surface area (TPSA) is 6.48 Å². The molecule has 0 spiro atoms. The monoisotopic (exact) mass is 914 g/mol. The Bertz CT molecular complexity index is 3690. The lowest BCUT2D eigenvalue weighted by molar-refractivity contribution is 0.885. The van der Waals surface area contributed by atoms with Gasteiger partial charge in [-0.15, -0.1) is 0 Å². The Labute approximate surface area is 419 Å². The Morgan fingerprint density at radius 1 is 0.577 bits per heavy atom. The summed E-state index contributed by atoms with van der Waals surface area (Å²) in [7, 11) is 0. The van der Waals surface area contributed by atoms with Gasteiger partial charge in [0.15, 0.2) is 0 Å². The molecule has 2 nitrogen and oxygen atoms in total. The molecule has 0 N–H and O–H groups in total. The molecule has 9 aromatic rings. The number of para-hydroxylation sites is 1. The van der Waals surface area contributed by atoms with Crippen molar-refractivity contribution in [1.82, 2.24) is 0 Å². The fourth-order valence-corrected chi connectivity index (χ4v) is 11.1. The van der Waals surface area contributed by atoms with E-state index in [1.807, 2.05) is 13.8 Å². The third-order valence-corrected chi connectivity index (χ3v) is 14.2. The largest absolute Gasteiger partial charge is 0.313 e. The summed E-state index contributed by atoms with van der Waals surface area (Å²) >= 11 is 0. The van der Waals surface area contributed by atoms with Crippen molar-refractivity contribution in [1.29, 1.82) is 0 Å². The van der Waals surface area contributed by atoms with Gasteiger partial charge in [-0.2, -0.15) is 0 Å². The standard InChI is InChI=1S/C67H52N2.C2H6/c1-3-4-8-27-52(44-47-22-10-6-11-23-47)68(63-35-20-32-56-54-28-16-15-26-51(54)45-60(56)63)64-42-38-49-37-41-59-65(43-39-50-36-40-58(64)66(49)67(50)59)69(61-33-18-17-29-55(61)48-24-12-7-13-25-48)62-34-19-31-53-46(2)21-9-5-14-30-57(53)62;1-2/h3-19,21-29,31-34,36-44H,2,20,30,35,45H2,1H3;1-2H3/b4-3-,14-5-,21-9-,27-8-,52-44?;. The minimum Gasteiger partial charge on any atom is -0.313 e. The average Bonchev–Trinajstić information content (AvgIpc) is 3.81. The first-order chi connectivity index (χ1) is 35.1. The number of anilines is 4. The van der Waals surface area contributed by atoms with Gasteiger partial charge in [-0.25, -0.2) is 0 Å². The van der Waals surface area contributed by atoms with Crippen molar-refractivity contribution in [3.8, 4) is 11.1 Å². The molecule has 0 radical (unpaired) electrons. The Hall–Kier alpha value is -8.46. The molecule has 344 valence electrons. The smallest absolute Gasteiger partial charge is 0.0541 e. The number of fused-ring (bicyclic) bond motifs is 4. The van der Waals surface area contributed by atoms with Crippen LogP contribution in [0.2, 0.25) is 0 Å². The maximum absolute atomic E-state index is 4.55. The summed E-state index contributed by atoms with van der Waals surface area (Å²) < 4.78 is 0. The maximum Gasteiger partial charge on any atom is 0.0541 e. The lowest BCUT2D eigenvalue weighted by atomic mass is 9.89. The molecule has 0 saturated heterocycles. The number of allylic oxidation sites excluding steroid dienone is 13. The first-order valence-corrected chi connectivity index (χ1v) is 25.3. The number of nitrogens with zero attached hydrogens (tertiary/aromatic N) is 2. The van der Waals surface area contributed by atoms with E-state index < -0.39 is 0 Å². The van der Waals surface area contributed by atoms with Gasteiger partial charge in [0, 0.05) is 34.2 Å². The summed E-state index contributed by atoms with van der Waals surface area (Å²) in [6, 6.07) is 65.0. The minimum absolute atomic E-state index is 0.783. The molecule has 0 amide bonds. The van der Waals surface area contributed by atoms with Gasteiger partial charge in [-0.05, 0) is 134 Å². The van der Waals surface area contributed by atoms with Gasteiger partial charge in [-0.1, -0.05) is 221 Å². The first-order valence-electron chi connectivity index (χ1n) is 25.3. The van der Waals surface area contributed by atoms with E-state index in [0.29, 0.717) is 0 Å². The van der Waals surface area contributed by atoms with Gasteiger partial charge in [0.25, 0.3) is 0 Å². The zero-order valence-electron chi connectivity index (χ0n) is 40.9. The van der Waals surface area contributed by atoms with E-state index in [9.17, 15) is 0 Å². The van der Waals surface area contributed by atoms with E-state index >= 15 is 0 Å². The zero-order chi connectivity index (χ0) is 48.3. The van der Waals surface area contributed by atoms with Gasteiger partial charge in [0.1, 0.15) is 0 Å². The molecule has 2 heteroatoms. The van der Waals surface area contributed by atoms with Crippen LogP contribution < -0.4 is 9.80 Å². The molecular formula is C69H58N2. The SMILES string of the molecule is C=C1/C=C\C=C/Cc2c1cccc2N(c1ccccc1-c1ccccc1)c1ccc2ccc3c(N(C(=Cc4ccccc4)/C=C\C=C/C)C4=C5Cc6ccccc6C5=CCC4)ccc4ccc1c2c43.CC. The quantitative estimate of drug-likeness (QED) is 0.0996. The van der Waals surface area contributed by atoms with Gasteiger partial charge in [0.2, 0.25) is 0 Å². The van der Waals surface area contributed by atoms with E-state index in [4.69, 9.17) is 0 Å². The predicted molar refractivity (Wildman–Crippen MR) is 308 cm³/mol. The average molecular weight is 915 g/mol. The van der Waals surface area contributed by atoms with Crippen molar-refractivity contribution in [3.05, 3.63) is 282 Å². The second-order valence-corrected chi connectivity index (χ2v) is 18.2. The van der Waals surface area contributed by atoms with Crippen LogP contribution in [0, 0.1) is 0 Å². The van der Waals surface area contributed by atoms with Crippen LogP contribution in [0.1, 0.15) is 61.4 Å². The molecule has 0 heterocycles. The first kappa shape index (κ1) is 45.0. The highest BCUT2D eigenvalue weighted by atomic mass is 15.2. The van der Waals surface area contributed by atoms with Crippen LogP contribution in [0.15, 0.2) is 254 Å². The number of hydrogen-bond donors (Lipinski definition) is 0.